The standard InChI is InChI=1S/C14H9Br2F2NO/c1-7-2-3-8(15)4-9(7)14(20)19-13-6-11(17)10(16)5-12(13)18/h2-6H,1H3,(H,19,20). The van der Waals surface area contributed by atoms with Gasteiger partial charge in [0.25, 0.3) is 5.91 Å². The average molecular weight is 405 g/mol. The number of halogens is 4. The summed E-state index contributed by atoms with van der Waals surface area (Å²) in [6.45, 7) is 1.76. The van der Waals surface area contributed by atoms with Crippen LogP contribution in [0.25, 0.3) is 0 Å². The van der Waals surface area contributed by atoms with Gasteiger partial charge in [0.05, 0.1) is 10.2 Å². The van der Waals surface area contributed by atoms with E-state index in [0.717, 1.165) is 22.2 Å². The number of amides is 1. The lowest BCUT2D eigenvalue weighted by atomic mass is 10.1. The van der Waals surface area contributed by atoms with Crippen LogP contribution < -0.4 is 5.32 Å². The van der Waals surface area contributed by atoms with Gasteiger partial charge in [0.1, 0.15) is 11.6 Å². The van der Waals surface area contributed by atoms with Gasteiger partial charge in [-0.25, -0.2) is 8.78 Å². The van der Waals surface area contributed by atoms with Crippen molar-refractivity contribution in [3.63, 3.8) is 0 Å². The molecule has 1 amide bonds. The van der Waals surface area contributed by atoms with Crippen LogP contribution in [0.3, 0.4) is 0 Å². The van der Waals surface area contributed by atoms with Gasteiger partial charge < -0.3 is 5.32 Å². The number of benzene rings is 2. The molecular weight excluding hydrogens is 396 g/mol. The molecule has 104 valence electrons. The first-order valence-corrected chi connectivity index (χ1v) is 7.19. The van der Waals surface area contributed by atoms with Crippen LogP contribution in [0.5, 0.6) is 0 Å². The Hall–Kier alpha value is -1.27. The highest BCUT2D eigenvalue weighted by molar-refractivity contribution is 9.10. The molecule has 0 aliphatic rings. The number of carbonyl (C=O) groups excluding carboxylic acids is 1. The van der Waals surface area contributed by atoms with Crippen molar-refractivity contribution in [1.29, 1.82) is 0 Å². The molecule has 0 aliphatic heterocycles. The van der Waals surface area contributed by atoms with E-state index in [0.29, 0.717) is 5.56 Å². The molecule has 0 aliphatic carbocycles. The van der Waals surface area contributed by atoms with Gasteiger partial charge in [-0.15, -0.1) is 0 Å². The molecule has 0 unspecified atom stereocenters. The number of anilines is 1. The predicted molar refractivity (Wildman–Crippen MR) is 80.9 cm³/mol. The van der Waals surface area contributed by atoms with Crippen LogP contribution in [0, 0.1) is 18.6 Å². The minimum absolute atomic E-state index is 0.00614. The van der Waals surface area contributed by atoms with E-state index in [1.807, 2.05) is 0 Å². The van der Waals surface area contributed by atoms with Gasteiger partial charge in [-0.2, -0.15) is 0 Å². The zero-order valence-electron chi connectivity index (χ0n) is 10.3. The maximum atomic E-state index is 13.7. The Morgan fingerprint density at radius 2 is 1.80 bits per heavy atom. The van der Waals surface area contributed by atoms with Gasteiger partial charge in [0.15, 0.2) is 0 Å². The van der Waals surface area contributed by atoms with E-state index < -0.39 is 17.5 Å². The van der Waals surface area contributed by atoms with Crippen molar-refractivity contribution in [3.05, 3.63) is 62.0 Å². The second-order valence-electron chi connectivity index (χ2n) is 4.16. The van der Waals surface area contributed by atoms with Gasteiger partial charge >= 0.3 is 0 Å². The van der Waals surface area contributed by atoms with Crippen LogP contribution in [0.2, 0.25) is 0 Å². The van der Waals surface area contributed by atoms with Gasteiger partial charge in [-0.1, -0.05) is 22.0 Å². The first-order valence-electron chi connectivity index (χ1n) is 5.60. The molecule has 0 spiro atoms. The molecule has 20 heavy (non-hydrogen) atoms. The van der Waals surface area contributed by atoms with Crippen LogP contribution in [0.4, 0.5) is 14.5 Å². The molecule has 0 fully saturated rings. The molecule has 0 saturated carbocycles. The molecule has 0 bridgehead atoms. The number of carbonyl (C=O) groups is 1. The maximum absolute atomic E-state index is 13.7. The lowest BCUT2D eigenvalue weighted by Crippen LogP contribution is -2.14. The highest BCUT2D eigenvalue weighted by Gasteiger charge is 2.14. The normalized spacial score (nSPS) is 10.4. The van der Waals surface area contributed by atoms with Crippen LogP contribution in [0.15, 0.2) is 39.3 Å². The van der Waals surface area contributed by atoms with Crippen LogP contribution in [-0.2, 0) is 0 Å². The van der Waals surface area contributed by atoms with E-state index in [9.17, 15) is 13.6 Å². The summed E-state index contributed by atoms with van der Waals surface area (Å²) in [4.78, 5) is 12.1. The highest BCUT2D eigenvalue weighted by Crippen LogP contribution is 2.24. The first-order chi connectivity index (χ1) is 9.38. The molecule has 0 aromatic heterocycles. The van der Waals surface area contributed by atoms with Gasteiger partial charge in [0.2, 0.25) is 0 Å². The number of aryl methyl sites for hydroxylation is 1. The van der Waals surface area contributed by atoms with Crippen LogP contribution >= 0.6 is 31.9 Å². The molecule has 2 rings (SSSR count). The van der Waals surface area contributed by atoms with E-state index in [4.69, 9.17) is 0 Å². The SMILES string of the molecule is Cc1ccc(Br)cc1C(=O)Nc1cc(F)c(Br)cc1F. The Kier molecular flexibility index (Phi) is 4.55. The zero-order valence-corrected chi connectivity index (χ0v) is 13.5. The summed E-state index contributed by atoms with van der Waals surface area (Å²) in [6.07, 6.45) is 0. The van der Waals surface area contributed by atoms with E-state index in [-0.39, 0.29) is 10.2 Å². The molecule has 2 nitrogen and oxygen atoms in total. The second-order valence-corrected chi connectivity index (χ2v) is 5.93. The third kappa shape index (κ3) is 3.24. The smallest absolute Gasteiger partial charge is 0.256 e. The van der Waals surface area contributed by atoms with Crippen molar-refractivity contribution >= 4 is 43.5 Å². The molecule has 0 radical (unpaired) electrons. The molecule has 0 heterocycles. The molecule has 0 atom stereocenters. The first kappa shape index (κ1) is 15.1. The fraction of sp³-hybridized carbons (Fsp3) is 0.0714. The summed E-state index contributed by atoms with van der Waals surface area (Å²) in [5.41, 5.74) is 0.931. The molecule has 6 heteroatoms. The lowest BCUT2D eigenvalue weighted by molar-refractivity contribution is 0.102. The Balaban J connectivity index is 2.32. The maximum Gasteiger partial charge on any atom is 0.256 e. The van der Waals surface area contributed by atoms with E-state index in [2.05, 4.69) is 37.2 Å². The summed E-state index contributed by atoms with van der Waals surface area (Å²) in [5, 5.41) is 2.37. The fourth-order valence-electron chi connectivity index (χ4n) is 1.65. The summed E-state index contributed by atoms with van der Waals surface area (Å²) in [5.74, 6) is -1.85. The molecule has 2 aromatic carbocycles. The number of hydrogen-bond acceptors (Lipinski definition) is 1. The fourth-order valence-corrected chi connectivity index (χ4v) is 2.32. The Morgan fingerprint density at radius 3 is 2.50 bits per heavy atom. The van der Waals surface area contributed by atoms with Crippen LogP contribution in [-0.4, -0.2) is 5.91 Å². The summed E-state index contributed by atoms with van der Waals surface area (Å²) < 4.78 is 27.8. The predicted octanol–water partition coefficient (Wildman–Crippen LogP) is 5.05. The Morgan fingerprint density at radius 1 is 1.10 bits per heavy atom. The van der Waals surface area contributed by atoms with E-state index in [1.54, 1.807) is 25.1 Å². The van der Waals surface area contributed by atoms with E-state index >= 15 is 0 Å². The van der Waals surface area contributed by atoms with Gasteiger partial charge in [-0.05, 0) is 46.6 Å². The second kappa shape index (κ2) is 6.01. The Labute approximate surface area is 131 Å². The summed E-state index contributed by atoms with van der Waals surface area (Å²) in [7, 11) is 0. The molecule has 2 aromatic rings. The summed E-state index contributed by atoms with van der Waals surface area (Å²) >= 11 is 6.14. The van der Waals surface area contributed by atoms with Crippen molar-refractivity contribution in [3.8, 4) is 0 Å². The zero-order chi connectivity index (χ0) is 14.9. The van der Waals surface area contributed by atoms with Gasteiger partial charge in [-0.3, -0.25) is 4.79 Å². The molecule has 0 saturated heterocycles. The van der Waals surface area contributed by atoms with E-state index in [1.165, 1.54) is 0 Å². The highest BCUT2D eigenvalue weighted by atomic mass is 79.9. The van der Waals surface area contributed by atoms with Crippen molar-refractivity contribution < 1.29 is 13.6 Å². The van der Waals surface area contributed by atoms with Crippen LogP contribution in [0.1, 0.15) is 15.9 Å². The largest absolute Gasteiger partial charge is 0.319 e. The van der Waals surface area contributed by atoms with Crippen molar-refractivity contribution in [2.24, 2.45) is 0 Å². The summed E-state index contributed by atoms with van der Waals surface area (Å²) in [6, 6.07) is 7.09. The quantitative estimate of drug-likeness (QED) is 0.697. The Bertz CT molecular complexity index is 689. The minimum atomic E-state index is -0.709. The lowest BCUT2D eigenvalue weighted by Gasteiger charge is -2.09. The molecule has 1 N–H and O–H groups in total. The minimum Gasteiger partial charge on any atom is -0.319 e. The number of nitrogens with one attached hydrogen (secondary N) is 1. The van der Waals surface area contributed by atoms with Crippen molar-refractivity contribution in [1.82, 2.24) is 0 Å². The average Bonchev–Trinajstić information content (AvgIpc) is 2.38. The third-order valence-electron chi connectivity index (χ3n) is 2.70. The number of hydrogen-bond donors (Lipinski definition) is 1. The van der Waals surface area contributed by atoms with Gasteiger partial charge in [0, 0.05) is 16.1 Å². The van der Waals surface area contributed by atoms with Crippen molar-refractivity contribution in [2.75, 3.05) is 5.32 Å². The third-order valence-corrected chi connectivity index (χ3v) is 3.80. The van der Waals surface area contributed by atoms with Crippen molar-refractivity contribution in [2.45, 2.75) is 6.92 Å². The number of rotatable bonds is 2. The topological polar surface area (TPSA) is 29.1 Å². The molecular formula is C14H9Br2F2NO. The monoisotopic (exact) mass is 403 g/mol.